The topological polar surface area (TPSA) is 141 Å². The lowest BCUT2D eigenvalue weighted by atomic mass is 9.93. The summed E-state index contributed by atoms with van der Waals surface area (Å²) in [6, 6.07) is 3.78. The third kappa shape index (κ3) is 5.60. The molecule has 1 aromatic carbocycles. The molecule has 3 aromatic rings. The summed E-state index contributed by atoms with van der Waals surface area (Å²) in [4.78, 5) is 37.5. The van der Waals surface area contributed by atoms with Crippen LogP contribution in [0.15, 0.2) is 30.6 Å². The summed E-state index contributed by atoms with van der Waals surface area (Å²) in [6.45, 7) is -0.480. The number of alkyl halides is 4. The van der Waals surface area contributed by atoms with Gasteiger partial charge in [0.05, 0.1) is 38.8 Å². The Morgan fingerprint density at radius 2 is 1.79 bits per heavy atom. The van der Waals surface area contributed by atoms with Gasteiger partial charge in [-0.25, -0.2) is 19.0 Å². The summed E-state index contributed by atoms with van der Waals surface area (Å²) in [6.07, 6.45) is -7.86. The molecule has 0 saturated carbocycles. The second-order valence-corrected chi connectivity index (χ2v) is 8.93. The number of hydrogen-bond acceptors (Lipinski definition) is 10. The fraction of sp³-hybridized carbons (Fsp3) is 0.435. The van der Waals surface area contributed by atoms with Gasteiger partial charge in [0.2, 0.25) is 5.28 Å². The molecule has 11 nitrogen and oxygen atoms in total. The van der Waals surface area contributed by atoms with Crippen LogP contribution in [0.5, 0.6) is 0 Å². The smallest absolute Gasteiger partial charge is 0.416 e. The Morgan fingerprint density at radius 1 is 1.15 bits per heavy atom. The summed E-state index contributed by atoms with van der Waals surface area (Å²) in [5.41, 5.74) is 2.92. The van der Waals surface area contributed by atoms with Crippen LogP contribution >= 0.6 is 11.6 Å². The van der Waals surface area contributed by atoms with Gasteiger partial charge < -0.3 is 24.7 Å². The van der Waals surface area contributed by atoms with Crippen molar-refractivity contribution in [2.45, 2.75) is 43.1 Å². The molecule has 0 radical (unpaired) electrons. The third-order valence-electron chi connectivity index (χ3n) is 6.10. The molecule has 16 heteroatoms. The van der Waals surface area contributed by atoms with Crippen molar-refractivity contribution in [2.75, 3.05) is 26.6 Å². The van der Waals surface area contributed by atoms with E-state index in [1.54, 1.807) is 0 Å². The summed E-state index contributed by atoms with van der Waals surface area (Å²) >= 11 is 5.87. The first-order chi connectivity index (χ1) is 18.4. The minimum atomic E-state index is -4.58. The maximum Gasteiger partial charge on any atom is 0.416 e. The molecule has 39 heavy (non-hydrogen) atoms. The Morgan fingerprint density at radius 3 is 2.38 bits per heavy atom. The lowest BCUT2D eigenvalue weighted by molar-refractivity contribution is -0.192. The van der Waals surface area contributed by atoms with E-state index in [0.717, 1.165) is 38.5 Å². The molecule has 0 bridgehead atoms. The number of ether oxygens (including phenoxy) is 4. The van der Waals surface area contributed by atoms with Gasteiger partial charge in [-0.1, -0.05) is 12.1 Å². The number of esters is 2. The van der Waals surface area contributed by atoms with Crippen LogP contribution in [0.2, 0.25) is 5.28 Å². The van der Waals surface area contributed by atoms with Gasteiger partial charge in [0.25, 0.3) is 5.60 Å². The average Bonchev–Trinajstić information content (AvgIpc) is 3.48. The third-order valence-corrected chi connectivity index (χ3v) is 6.27. The van der Waals surface area contributed by atoms with E-state index >= 15 is 4.39 Å². The minimum Gasteiger partial charge on any atom is -0.466 e. The number of carbonyl (C=O) groups excluding carboxylic acids is 2. The number of carbonyl (C=O) groups is 2. The number of nitrogen functional groups attached to an aromatic ring is 1. The van der Waals surface area contributed by atoms with E-state index in [4.69, 9.17) is 36.3 Å². The molecule has 3 heterocycles. The van der Waals surface area contributed by atoms with Gasteiger partial charge >= 0.3 is 18.1 Å². The fourth-order valence-corrected chi connectivity index (χ4v) is 4.38. The molecule has 3 atom stereocenters. The standard InChI is InChI=1S/C23H22ClF4N5O6/c1-36-19(34)22(20(35)37-2,8-11-3-5-12(6-4-11)23(26,27)28)38-9-13-7-14(25)18(39-13)33-10-30-15-16(29)31-21(24)32-17(15)33/h3-6,10,13-14,18H,7-9H2,1-2H3,(H2,29,31,32). The molecular formula is C23H22ClF4N5O6. The zero-order valence-corrected chi connectivity index (χ0v) is 21.2. The predicted molar refractivity (Wildman–Crippen MR) is 126 cm³/mol. The van der Waals surface area contributed by atoms with Gasteiger partial charge in [0, 0.05) is 12.8 Å². The Kier molecular flexibility index (Phi) is 7.95. The Labute approximate surface area is 223 Å². The largest absolute Gasteiger partial charge is 0.466 e. The van der Waals surface area contributed by atoms with Crippen molar-refractivity contribution in [1.29, 1.82) is 0 Å². The summed E-state index contributed by atoms with van der Waals surface area (Å²) in [7, 11) is 2.00. The summed E-state index contributed by atoms with van der Waals surface area (Å²) in [5, 5.41) is -0.181. The molecule has 1 aliphatic heterocycles. The maximum atomic E-state index is 15.1. The number of anilines is 1. The van der Waals surface area contributed by atoms with E-state index in [2.05, 4.69) is 15.0 Å². The van der Waals surface area contributed by atoms with Gasteiger partial charge in [-0.3, -0.25) is 4.57 Å². The predicted octanol–water partition coefficient (Wildman–Crippen LogP) is 3.05. The first-order valence-corrected chi connectivity index (χ1v) is 11.7. The van der Waals surface area contributed by atoms with Crippen molar-refractivity contribution in [2.24, 2.45) is 0 Å². The second-order valence-electron chi connectivity index (χ2n) is 8.59. The number of nitrogens with zero attached hydrogens (tertiary/aromatic N) is 4. The van der Waals surface area contributed by atoms with Crippen LogP contribution < -0.4 is 5.73 Å². The number of rotatable bonds is 8. The minimum absolute atomic E-state index is 0.0127. The summed E-state index contributed by atoms with van der Waals surface area (Å²) < 4.78 is 76.3. The van der Waals surface area contributed by atoms with Crippen molar-refractivity contribution < 1.29 is 46.1 Å². The maximum absolute atomic E-state index is 15.1. The number of benzene rings is 1. The molecule has 0 amide bonds. The number of nitrogens with two attached hydrogens (primary N) is 1. The van der Waals surface area contributed by atoms with Gasteiger partial charge in [-0.05, 0) is 29.3 Å². The highest BCUT2D eigenvalue weighted by atomic mass is 35.5. The van der Waals surface area contributed by atoms with E-state index in [1.165, 1.54) is 10.9 Å². The Hall–Kier alpha value is -3.56. The van der Waals surface area contributed by atoms with E-state index < -0.39 is 60.8 Å². The zero-order valence-electron chi connectivity index (χ0n) is 20.4. The number of imidazole rings is 1. The highest BCUT2D eigenvalue weighted by molar-refractivity contribution is 6.28. The normalized spacial score (nSPS) is 19.8. The molecule has 4 rings (SSSR count). The molecule has 210 valence electrons. The molecule has 1 fully saturated rings. The number of methoxy groups -OCH3 is 2. The molecule has 1 saturated heterocycles. The molecule has 1 aliphatic rings. The van der Waals surface area contributed by atoms with Crippen molar-refractivity contribution in [3.05, 3.63) is 47.0 Å². The van der Waals surface area contributed by atoms with Crippen LogP contribution in [0, 0.1) is 0 Å². The number of aromatic nitrogens is 4. The van der Waals surface area contributed by atoms with Gasteiger partial charge in [-0.15, -0.1) is 0 Å². The quantitative estimate of drug-likeness (QED) is 0.184. The van der Waals surface area contributed by atoms with E-state index in [0.29, 0.717) is 0 Å². The van der Waals surface area contributed by atoms with Crippen molar-refractivity contribution in [3.8, 4) is 0 Å². The average molecular weight is 576 g/mol. The van der Waals surface area contributed by atoms with E-state index in [9.17, 15) is 22.8 Å². The monoisotopic (exact) mass is 575 g/mol. The van der Waals surface area contributed by atoms with Crippen molar-refractivity contribution >= 4 is 40.5 Å². The van der Waals surface area contributed by atoms with Crippen molar-refractivity contribution in [1.82, 2.24) is 19.5 Å². The molecule has 0 spiro atoms. The lowest BCUT2D eigenvalue weighted by Gasteiger charge is -2.29. The van der Waals surface area contributed by atoms with E-state index in [-0.39, 0.29) is 34.2 Å². The van der Waals surface area contributed by atoms with Crippen LogP contribution in [0.3, 0.4) is 0 Å². The fourth-order valence-electron chi connectivity index (χ4n) is 4.21. The Bertz CT molecular complexity index is 1350. The van der Waals surface area contributed by atoms with Gasteiger partial charge in [-0.2, -0.15) is 23.1 Å². The second kappa shape index (κ2) is 10.9. The zero-order chi connectivity index (χ0) is 28.5. The molecule has 0 aliphatic carbocycles. The van der Waals surface area contributed by atoms with Gasteiger partial charge in [0.1, 0.15) is 11.7 Å². The van der Waals surface area contributed by atoms with Crippen LogP contribution in [0.4, 0.5) is 23.4 Å². The molecule has 2 aromatic heterocycles. The van der Waals surface area contributed by atoms with Crippen LogP contribution in [-0.2, 0) is 41.1 Å². The van der Waals surface area contributed by atoms with Crippen LogP contribution in [0.1, 0.15) is 23.8 Å². The van der Waals surface area contributed by atoms with Gasteiger partial charge in [0.15, 0.2) is 17.7 Å². The highest BCUT2D eigenvalue weighted by Crippen LogP contribution is 2.35. The Balaban J connectivity index is 1.56. The highest BCUT2D eigenvalue weighted by Gasteiger charge is 2.51. The number of halogens is 5. The van der Waals surface area contributed by atoms with E-state index in [1.807, 2.05) is 0 Å². The summed E-state index contributed by atoms with van der Waals surface area (Å²) in [5.74, 6) is -2.34. The molecular weight excluding hydrogens is 554 g/mol. The first-order valence-electron chi connectivity index (χ1n) is 11.3. The molecule has 3 unspecified atom stereocenters. The van der Waals surface area contributed by atoms with Crippen LogP contribution in [0.25, 0.3) is 11.2 Å². The number of hydrogen-bond donors (Lipinski definition) is 1. The number of fused-ring (bicyclic) bond motifs is 1. The van der Waals surface area contributed by atoms with Crippen molar-refractivity contribution in [3.63, 3.8) is 0 Å². The lowest BCUT2D eigenvalue weighted by Crippen LogP contribution is -2.53. The SMILES string of the molecule is COC(=O)C(Cc1ccc(C(F)(F)F)cc1)(OCC1CC(F)C(n2cnc3c(N)nc(Cl)nc32)O1)C(=O)OC. The molecule has 2 N–H and O–H groups in total. The van der Waals surface area contributed by atoms with Crippen LogP contribution in [-0.4, -0.2) is 70.2 Å². The first kappa shape index (κ1) is 28.4.